The summed E-state index contributed by atoms with van der Waals surface area (Å²) in [7, 11) is 0. The van der Waals surface area contributed by atoms with E-state index in [9.17, 15) is 9.59 Å². The molecule has 1 atom stereocenters. The van der Waals surface area contributed by atoms with Crippen LogP contribution in [0.1, 0.15) is 18.9 Å². The van der Waals surface area contributed by atoms with Gasteiger partial charge in [0.2, 0.25) is 5.91 Å². The molecule has 4 N–H and O–H groups in total. The molecule has 1 aromatic rings. The molecule has 1 rings (SSSR count). The maximum atomic E-state index is 11.5. The molecule has 0 spiro atoms. The average Bonchev–Trinajstić information content (AvgIpc) is 2.35. The van der Waals surface area contributed by atoms with Crippen molar-refractivity contribution in [3.05, 3.63) is 35.9 Å². The topological polar surface area (TPSA) is 92.4 Å². The number of nitrogens with one attached hydrogen (secondary N) is 1. The van der Waals surface area contributed by atoms with Gasteiger partial charge in [-0.15, -0.1) is 0 Å². The van der Waals surface area contributed by atoms with E-state index in [2.05, 4.69) is 5.32 Å². The Balaban J connectivity index is 2.38. The number of carbonyl (C=O) groups excluding carboxylic acids is 1. The quantitative estimate of drug-likeness (QED) is 0.535. The van der Waals surface area contributed by atoms with Crippen LogP contribution in [0.5, 0.6) is 0 Å². The molecule has 5 nitrogen and oxygen atoms in total. The lowest BCUT2D eigenvalue weighted by molar-refractivity contribution is -0.138. The number of nitrogen functional groups attached to an aromatic ring is 1. The second kappa shape index (κ2) is 7.20. The van der Waals surface area contributed by atoms with E-state index in [1.165, 1.54) is 6.08 Å². The first kappa shape index (κ1) is 14.8. The minimum absolute atomic E-state index is 0.0436. The third-order valence-corrected chi connectivity index (χ3v) is 2.51. The fourth-order valence-corrected chi connectivity index (χ4v) is 1.48. The van der Waals surface area contributed by atoms with Gasteiger partial charge in [-0.05, 0) is 29.7 Å². The summed E-state index contributed by atoms with van der Waals surface area (Å²) in [6, 6.07) is 7.14. The second-order valence-electron chi connectivity index (χ2n) is 4.45. The van der Waals surface area contributed by atoms with Gasteiger partial charge in [-0.1, -0.05) is 19.1 Å². The zero-order valence-electron chi connectivity index (χ0n) is 10.8. The van der Waals surface area contributed by atoms with Crippen LogP contribution in [0.3, 0.4) is 0 Å². The van der Waals surface area contributed by atoms with E-state index in [0.29, 0.717) is 12.2 Å². The normalized spacial score (nSPS) is 12.3. The summed E-state index contributed by atoms with van der Waals surface area (Å²) in [4.78, 5) is 22.0. The van der Waals surface area contributed by atoms with Crippen LogP contribution >= 0.6 is 0 Å². The minimum Gasteiger partial charge on any atom is -0.481 e. The molecule has 0 aliphatic heterocycles. The van der Waals surface area contributed by atoms with Crippen LogP contribution in [0, 0.1) is 5.92 Å². The summed E-state index contributed by atoms with van der Waals surface area (Å²) >= 11 is 0. The Bertz CT molecular complexity index is 466. The van der Waals surface area contributed by atoms with Gasteiger partial charge in [0.15, 0.2) is 0 Å². The highest BCUT2D eigenvalue weighted by molar-refractivity contribution is 5.91. The number of aliphatic carboxylic acids is 1. The number of benzene rings is 1. The molecule has 1 aromatic carbocycles. The van der Waals surface area contributed by atoms with E-state index in [-0.39, 0.29) is 18.2 Å². The third kappa shape index (κ3) is 6.26. The zero-order chi connectivity index (χ0) is 14.3. The van der Waals surface area contributed by atoms with E-state index < -0.39 is 5.97 Å². The van der Waals surface area contributed by atoms with Gasteiger partial charge < -0.3 is 16.2 Å². The number of carboxylic acids is 1. The van der Waals surface area contributed by atoms with Crippen molar-refractivity contribution in [2.45, 2.75) is 13.3 Å². The monoisotopic (exact) mass is 262 g/mol. The average molecular weight is 262 g/mol. The van der Waals surface area contributed by atoms with Gasteiger partial charge in [-0.3, -0.25) is 9.59 Å². The van der Waals surface area contributed by atoms with Gasteiger partial charge in [-0.25, -0.2) is 0 Å². The lowest BCUT2D eigenvalue weighted by atomic mass is 10.1. The Morgan fingerprint density at radius 3 is 2.58 bits per heavy atom. The van der Waals surface area contributed by atoms with E-state index in [1.807, 2.05) is 12.1 Å². The van der Waals surface area contributed by atoms with Crippen molar-refractivity contribution < 1.29 is 14.7 Å². The molecule has 1 amide bonds. The summed E-state index contributed by atoms with van der Waals surface area (Å²) in [6.07, 6.45) is 3.14. The second-order valence-corrected chi connectivity index (χ2v) is 4.45. The highest BCUT2D eigenvalue weighted by Gasteiger charge is 2.07. The highest BCUT2D eigenvalue weighted by Crippen LogP contribution is 2.06. The molecule has 0 saturated heterocycles. The number of carboxylic acid groups (broad SMARTS) is 1. The molecule has 0 radical (unpaired) electrons. The standard InChI is InChI=1S/C14H18N2O3/c1-10(8-14(18)19)9-16-13(17)7-4-11-2-5-12(15)6-3-11/h2-7,10H,8-9,15H2,1H3,(H,16,17)(H,18,19)/b7-4+. The molecule has 102 valence electrons. The molecular formula is C14H18N2O3. The van der Waals surface area contributed by atoms with Gasteiger partial charge in [0, 0.05) is 24.7 Å². The maximum absolute atomic E-state index is 11.5. The summed E-state index contributed by atoms with van der Waals surface area (Å²) in [5.74, 6) is -1.19. The Labute approximate surface area is 112 Å². The Morgan fingerprint density at radius 1 is 1.37 bits per heavy atom. The lowest BCUT2D eigenvalue weighted by Gasteiger charge is -2.08. The van der Waals surface area contributed by atoms with Crippen molar-refractivity contribution in [2.24, 2.45) is 5.92 Å². The number of hydrogen-bond donors (Lipinski definition) is 3. The van der Waals surface area contributed by atoms with Crippen LogP contribution in [-0.4, -0.2) is 23.5 Å². The van der Waals surface area contributed by atoms with Crippen molar-refractivity contribution in [3.63, 3.8) is 0 Å². The fourth-order valence-electron chi connectivity index (χ4n) is 1.48. The van der Waals surface area contributed by atoms with Crippen molar-refractivity contribution in [3.8, 4) is 0 Å². The summed E-state index contributed by atoms with van der Waals surface area (Å²) in [5.41, 5.74) is 7.10. The van der Waals surface area contributed by atoms with Gasteiger partial charge in [0.25, 0.3) is 0 Å². The van der Waals surface area contributed by atoms with Gasteiger partial charge in [0.05, 0.1) is 0 Å². The molecular weight excluding hydrogens is 244 g/mol. The lowest BCUT2D eigenvalue weighted by Crippen LogP contribution is -2.27. The van der Waals surface area contributed by atoms with Crippen molar-refractivity contribution in [1.29, 1.82) is 0 Å². The molecule has 0 heterocycles. The van der Waals surface area contributed by atoms with E-state index >= 15 is 0 Å². The summed E-state index contributed by atoms with van der Waals surface area (Å²) < 4.78 is 0. The first-order valence-corrected chi connectivity index (χ1v) is 6.00. The zero-order valence-corrected chi connectivity index (χ0v) is 10.8. The molecule has 1 unspecified atom stereocenters. The summed E-state index contributed by atoms with van der Waals surface area (Å²) in [6.45, 7) is 2.12. The molecule has 19 heavy (non-hydrogen) atoms. The molecule has 0 fully saturated rings. The predicted molar refractivity (Wildman–Crippen MR) is 74.3 cm³/mol. The van der Waals surface area contributed by atoms with E-state index in [4.69, 9.17) is 10.8 Å². The van der Waals surface area contributed by atoms with Crippen LogP contribution in [0.2, 0.25) is 0 Å². The van der Waals surface area contributed by atoms with Crippen molar-refractivity contribution >= 4 is 23.6 Å². The predicted octanol–water partition coefficient (Wildman–Crippen LogP) is 1.51. The maximum Gasteiger partial charge on any atom is 0.303 e. The molecule has 0 saturated carbocycles. The Morgan fingerprint density at radius 2 is 2.00 bits per heavy atom. The molecule has 0 aliphatic carbocycles. The third-order valence-electron chi connectivity index (χ3n) is 2.51. The van der Waals surface area contributed by atoms with Crippen LogP contribution in [0.4, 0.5) is 5.69 Å². The number of rotatable bonds is 6. The first-order valence-electron chi connectivity index (χ1n) is 6.00. The molecule has 0 aliphatic rings. The van der Waals surface area contributed by atoms with E-state index in [1.54, 1.807) is 25.1 Å². The number of carbonyl (C=O) groups is 2. The molecule has 0 aromatic heterocycles. The smallest absolute Gasteiger partial charge is 0.303 e. The highest BCUT2D eigenvalue weighted by atomic mass is 16.4. The first-order chi connectivity index (χ1) is 8.97. The Hall–Kier alpha value is -2.30. The van der Waals surface area contributed by atoms with Crippen LogP contribution in [-0.2, 0) is 9.59 Å². The SMILES string of the molecule is CC(CNC(=O)/C=C/c1ccc(N)cc1)CC(=O)O. The van der Waals surface area contributed by atoms with Crippen molar-refractivity contribution in [1.82, 2.24) is 5.32 Å². The minimum atomic E-state index is -0.862. The largest absolute Gasteiger partial charge is 0.481 e. The van der Waals surface area contributed by atoms with Crippen LogP contribution < -0.4 is 11.1 Å². The number of anilines is 1. The van der Waals surface area contributed by atoms with Crippen LogP contribution in [0.15, 0.2) is 30.3 Å². The van der Waals surface area contributed by atoms with Gasteiger partial charge in [0.1, 0.15) is 0 Å². The fraction of sp³-hybridized carbons (Fsp3) is 0.286. The van der Waals surface area contributed by atoms with Gasteiger partial charge >= 0.3 is 5.97 Å². The van der Waals surface area contributed by atoms with Crippen LogP contribution in [0.25, 0.3) is 6.08 Å². The van der Waals surface area contributed by atoms with E-state index in [0.717, 1.165) is 5.56 Å². The number of nitrogens with two attached hydrogens (primary N) is 1. The number of amides is 1. The Kier molecular flexibility index (Phi) is 5.60. The van der Waals surface area contributed by atoms with Gasteiger partial charge in [-0.2, -0.15) is 0 Å². The number of hydrogen-bond acceptors (Lipinski definition) is 3. The van der Waals surface area contributed by atoms with Crippen molar-refractivity contribution in [2.75, 3.05) is 12.3 Å². The summed E-state index contributed by atoms with van der Waals surface area (Å²) in [5, 5.41) is 11.2. The molecule has 5 heteroatoms. The molecule has 0 bridgehead atoms.